The molecule has 0 saturated heterocycles. The standard InChI is InChI=1S/C64H63F3N6O13S3/c1-42-12-31-55(32-13-42)89(79,80)85-35-34-83-53-24-16-43(17-25-53)36-50(40-72(61(76)86-62(2,3)4)57(59(74)75)37-44-14-18-48(19-15-44)64(65,66)67)73-39-49(69-71-73)41-84-54-30-33-56-58(38-54)87-60(68-56)88(77,78)70-63(45-10-8-7-9-11-45,46-20-26-51(81-5)27-21-46)47-22-28-52(82-6)29-23-47/h7-33,38-39,50,57,70H,34-37,40-41H2,1-6H3,(H,74,75)/t50-,57?/m0/s1. The Morgan fingerprint density at radius 3 is 1.83 bits per heavy atom. The Labute approximate surface area is 516 Å². The first-order chi connectivity index (χ1) is 42.3. The number of methoxy groups -OCH3 is 2. The molecule has 0 fully saturated rings. The zero-order valence-corrected chi connectivity index (χ0v) is 51.5. The van der Waals surface area contributed by atoms with E-state index in [4.69, 9.17) is 27.9 Å². The zero-order valence-electron chi connectivity index (χ0n) is 49.1. The number of sulfonamides is 1. The third-order valence-corrected chi connectivity index (χ3v) is 18.3. The Kier molecular flexibility index (Phi) is 19.8. The van der Waals surface area contributed by atoms with Gasteiger partial charge in [-0.2, -0.15) is 26.3 Å². The molecule has 2 aromatic heterocycles. The van der Waals surface area contributed by atoms with Gasteiger partial charge in [0.2, 0.25) is 4.34 Å². The maximum atomic E-state index is 14.9. The summed E-state index contributed by atoms with van der Waals surface area (Å²) in [5, 5.41) is 19.5. The molecule has 19 nitrogen and oxygen atoms in total. The minimum atomic E-state index is -4.65. The van der Waals surface area contributed by atoms with Crippen LogP contribution in [-0.2, 0) is 65.0 Å². The van der Waals surface area contributed by atoms with E-state index in [1.807, 2.05) is 37.3 Å². The van der Waals surface area contributed by atoms with Gasteiger partial charge in [0.25, 0.3) is 20.1 Å². The highest BCUT2D eigenvalue weighted by Crippen LogP contribution is 2.41. The highest BCUT2D eigenvalue weighted by molar-refractivity contribution is 7.91. The minimum absolute atomic E-state index is 0.00227. The fraction of sp³-hybridized carbons (Fsp3) is 0.266. The summed E-state index contributed by atoms with van der Waals surface area (Å²) in [6.45, 7) is 5.70. The summed E-state index contributed by atoms with van der Waals surface area (Å²) in [6.07, 6.45) is -4.42. The van der Waals surface area contributed by atoms with Crippen molar-refractivity contribution in [1.82, 2.24) is 29.6 Å². The number of thiazole rings is 1. The molecule has 2 N–H and O–H groups in total. The van der Waals surface area contributed by atoms with Crippen molar-refractivity contribution in [3.63, 3.8) is 0 Å². The van der Waals surface area contributed by atoms with Gasteiger partial charge in [-0.3, -0.25) is 9.08 Å². The van der Waals surface area contributed by atoms with Crippen LogP contribution < -0.4 is 23.7 Å². The molecular formula is C64H63F3N6O13S3. The number of alkyl halides is 3. The number of halogens is 3. The van der Waals surface area contributed by atoms with Crippen LogP contribution in [0.25, 0.3) is 10.2 Å². The van der Waals surface area contributed by atoms with E-state index >= 15 is 0 Å². The number of carbonyl (C=O) groups excluding carboxylic acids is 1. The number of carboxylic acids is 1. The number of carboxylic acid groups (broad SMARTS) is 1. The molecule has 2 heterocycles. The highest BCUT2D eigenvalue weighted by atomic mass is 32.2. The molecule has 2 atom stereocenters. The smallest absolute Gasteiger partial charge is 0.416 e. The average molecular weight is 1280 g/mol. The Morgan fingerprint density at radius 2 is 1.25 bits per heavy atom. The summed E-state index contributed by atoms with van der Waals surface area (Å²) in [6, 6.07) is 42.6. The molecule has 9 aromatic rings. The zero-order chi connectivity index (χ0) is 63.7. The van der Waals surface area contributed by atoms with Gasteiger partial charge in [-0.1, -0.05) is 102 Å². The number of carbonyl (C=O) groups is 2. The first kappa shape index (κ1) is 64.6. The molecule has 0 saturated carbocycles. The fourth-order valence-electron chi connectivity index (χ4n) is 9.67. The molecular weight excluding hydrogens is 1210 g/mol. The molecule has 0 bridgehead atoms. The van der Waals surface area contributed by atoms with Crippen LogP contribution in [0.4, 0.5) is 18.0 Å². The van der Waals surface area contributed by atoms with Gasteiger partial charge in [0, 0.05) is 13.0 Å². The van der Waals surface area contributed by atoms with Gasteiger partial charge in [-0.25, -0.2) is 27.7 Å². The quantitative estimate of drug-likeness (QED) is 0.0291. The molecule has 0 aliphatic carbocycles. The number of aromatic nitrogens is 4. The van der Waals surface area contributed by atoms with Crippen molar-refractivity contribution in [1.29, 1.82) is 0 Å². The molecule has 0 aliphatic rings. The van der Waals surface area contributed by atoms with Crippen LogP contribution in [0.3, 0.4) is 0 Å². The number of hydrogen-bond donors (Lipinski definition) is 2. The third kappa shape index (κ3) is 16.1. The Balaban J connectivity index is 0.973. The molecule has 89 heavy (non-hydrogen) atoms. The first-order valence-corrected chi connectivity index (χ1v) is 31.4. The van der Waals surface area contributed by atoms with Crippen molar-refractivity contribution in [2.24, 2.45) is 0 Å². The lowest BCUT2D eigenvalue weighted by atomic mass is 9.78. The Morgan fingerprint density at radius 1 is 0.685 bits per heavy atom. The predicted octanol–water partition coefficient (Wildman–Crippen LogP) is 11.6. The number of nitrogens with one attached hydrogen (secondary N) is 1. The van der Waals surface area contributed by atoms with Crippen molar-refractivity contribution in [3.8, 4) is 23.0 Å². The van der Waals surface area contributed by atoms with Crippen molar-refractivity contribution >= 4 is 53.8 Å². The molecule has 9 rings (SSSR count). The van der Waals surface area contributed by atoms with Gasteiger partial charge >= 0.3 is 18.2 Å². The monoisotopic (exact) mass is 1280 g/mol. The van der Waals surface area contributed by atoms with E-state index in [0.29, 0.717) is 61.2 Å². The van der Waals surface area contributed by atoms with Crippen LogP contribution in [0.15, 0.2) is 185 Å². The number of nitrogens with zero attached hydrogens (tertiary/aromatic N) is 5. The van der Waals surface area contributed by atoms with Gasteiger partial charge in [0.05, 0.1) is 47.1 Å². The Bertz CT molecular complexity index is 4070. The van der Waals surface area contributed by atoms with E-state index in [0.717, 1.165) is 46.1 Å². The number of amides is 1. The second-order valence-corrected chi connectivity index (χ2v) is 26.1. The molecule has 1 amide bonds. The average Bonchev–Trinajstić information content (AvgIpc) is 1.58. The van der Waals surface area contributed by atoms with E-state index in [2.05, 4.69) is 20.0 Å². The van der Waals surface area contributed by atoms with Crippen LogP contribution in [-0.4, -0.2) is 105 Å². The summed E-state index contributed by atoms with van der Waals surface area (Å²) in [4.78, 5) is 33.0. The largest absolute Gasteiger partial charge is 0.497 e. The third-order valence-electron chi connectivity index (χ3n) is 14.1. The van der Waals surface area contributed by atoms with Crippen molar-refractivity contribution in [2.45, 2.75) is 85.8 Å². The summed E-state index contributed by atoms with van der Waals surface area (Å²) in [7, 11) is -5.38. The highest BCUT2D eigenvalue weighted by Gasteiger charge is 2.42. The first-order valence-electron chi connectivity index (χ1n) is 27.7. The maximum Gasteiger partial charge on any atom is 0.416 e. The molecule has 0 radical (unpaired) electrons. The van der Waals surface area contributed by atoms with E-state index in [-0.39, 0.29) is 47.6 Å². The lowest BCUT2D eigenvalue weighted by Gasteiger charge is -2.36. The second kappa shape index (κ2) is 27.2. The topological polar surface area (TPSA) is 237 Å². The van der Waals surface area contributed by atoms with E-state index in [1.165, 1.54) is 16.8 Å². The number of ether oxygens (including phenoxy) is 5. The number of benzene rings is 7. The number of rotatable bonds is 26. The molecule has 0 spiro atoms. The van der Waals surface area contributed by atoms with E-state index < -0.39 is 73.6 Å². The van der Waals surface area contributed by atoms with Gasteiger partial charge in [-0.05, 0) is 141 Å². The molecule has 25 heteroatoms. The normalized spacial score (nSPS) is 12.9. The van der Waals surface area contributed by atoms with E-state index in [1.54, 1.807) is 144 Å². The van der Waals surface area contributed by atoms with Gasteiger partial charge in [-0.15, -0.1) is 16.4 Å². The number of fused-ring (bicyclic) bond motifs is 1. The lowest BCUT2D eigenvalue weighted by Crippen LogP contribution is -2.50. The van der Waals surface area contributed by atoms with Crippen molar-refractivity contribution < 1.29 is 72.6 Å². The fourth-order valence-corrected chi connectivity index (χ4v) is 13.2. The second-order valence-electron chi connectivity index (χ2n) is 21.6. The summed E-state index contributed by atoms with van der Waals surface area (Å²) in [5.41, 5.74) is 0.691. The number of aryl methyl sites for hydroxylation is 1. The number of hydrogen-bond acceptors (Lipinski definition) is 16. The predicted molar refractivity (Wildman–Crippen MR) is 325 cm³/mol. The minimum Gasteiger partial charge on any atom is -0.497 e. The number of aliphatic carboxylic acids is 1. The summed E-state index contributed by atoms with van der Waals surface area (Å²) < 4.78 is 135. The molecule has 7 aromatic carbocycles. The van der Waals surface area contributed by atoms with Gasteiger partial charge in [0.15, 0.2) is 0 Å². The van der Waals surface area contributed by atoms with Crippen molar-refractivity contribution in [2.75, 3.05) is 34.0 Å². The van der Waals surface area contributed by atoms with Crippen LogP contribution in [0.1, 0.15) is 71.5 Å². The Hall–Kier alpha value is -8.88. The molecule has 0 aliphatic heterocycles. The van der Waals surface area contributed by atoms with Gasteiger partial charge < -0.3 is 28.8 Å². The maximum absolute atomic E-state index is 14.9. The van der Waals surface area contributed by atoms with Crippen LogP contribution in [0, 0.1) is 6.92 Å². The summed E-state index contributed by atoms with van der Waals surface area (Å²) >= 11 is 0.932. The van der Waals surface area contributed by atoms with Crippen molar-refractivity contribution in [3.05, 3.63) is 221 Å². The SMILES string of the molecule is COc1ccc(C(NS(=O)(=O)c2nc3ccc(OCc4cn([C@@H](Cc5ccc(OCCOS(=O)(=O)c6ccc(C)cc6)cc5)CN(C(=O)OC(C)(C)C)C(Cc5ccc(C(F)(F)F)cc5)C(=O)O)nn4)cc3s2)(c2ccccc2)c2ccc(OC)cc2)cc1. The lowest BCUT2D eigenvalue weighted by molar-refractivity contribution is -0.143. The van der Waals surface area contributed by atoms with E-state index in [9.17, 15) is 44.7 Å². The van der Waals surface area contributed by atoms with Crippen LogP contribution in [0.2, 0.25) is 0 Å². The van der Waals surface area contributed by atoms with Gasteiger partial charge in [0.1, 0.15) is 65.7 Å². The van der Waals surface area contributed by atoms with Crippen LogP contribution in [0.5, 0.6) is 23.0 Å². The molecule has 1 unspecified atom stereocenters. The van der Waals surface area contributed by atoms with Crippen LogP contribution >= 0.6 is 11.3 Å². The summed E-state index contributed by atoms with van der Waals surface area (Å²) in [5.74, 6) is 0.375. The molecule has 466 valence electrons.